The number of fused-ring (bicyclic) bond motifs is 1. The van der Waals surface area contributed by atoms with Gasteiger partial charge in [0.25, 0.3) is 0 Å². The first kappa shape index (κ1) is 46.2. The van der Waals surface area contributed by atoms with E-state index in [0.29, 0.717) is 0 Å². The fourth-order valence-corrected chi connectivity index (χ4v) is 9.27. The molecule has 0 amide bonds. The van der Waals surface area contributed by atoms with E-state index in [9.17, 15) is 0 Å². The maximum absolute atomic E-state index is 4.67. The van der Waals surface area contributed by atoms with Crippen LogP contribution < -0.4 is 0 Å². The molecule has 0 saturated heterocycles. The molecule has 1 radical (unpaired) electrons. The zero-order valence-corrected chi connectivity index (χ0v) is 41.2. The molecule has 0 saturated carbocycles. The summed E-state index contributed by atoms with van der Waals surface area (Å²) in [4.78, 5) is 8.88. The Labute approximate surface area is 430 Å². The quantitative estimate of drug-likeness (QED) is 0.135. The molecular weight excluding hydrogens is 1040 g/mol. The summed E-state index contributed by atoms with van der Waals surface area (Å²) in [7, 11) is 0. The molecule has 339 valence electrons. The van der Waals surface area contributed by atoms with E-state index >= 15 is 0 Å². The van der Waals surface area contributed by atoms with Gasteiger partial charge in [0.2, 0.25) is 0 Å². The summed E-state index contributed by atoms with van der Waals surface area (Å²) < 4.78 is 0. The van der Waals surface area contributed by atoms with Crippen LogP contribution in [0.15, 0.2) is 279 Å². The van der Waals surface area contributed by atoms with Crippen LogP contribution in [0.25, 0.3) is 111 Å². The van der Waals surface area contributed by atoms with Gasteiger partial charge in [-0.25, -0.2) is 0 Å². The minimum Gasteiger partial charge on any atom is -0.305 e. The molecule has 2 aromatic heterocycles. The number of pyridine rings is 2. The Morgan fingerprint density at radius 2 is 0.690 bits per heavy atom. The van der Waals surface area contributed by atoms with Crippen molar-refractivity contribution in [2.45, 2.75) is 0 Å². The van der Waals surface area contributed by atoms with Crippen molar-refractivity contribution in [3.8, 4) is 100 Å². The van der Waals surface area contributed by atoms with Crippen molar-refractivity contribution in [3.05, 3.63) is 291 Å². The predicted octanol–water partition coefficient (Wildman–Crippen LogP) is 17.9. The van der Waals surface area contributed by atoms with E-state index < -0.39 is 0 Å². The van der Waals surface area contributed by atoms with Gasteiger partial charge in [-0.3, -0.25) is 0 Å². The van der Waals surface area contributed by atoms with Crippen molar-refractivity contribution in [1.29, 1.82) is 0 Å². The molecule has 0 aliphatic heterocycles. The summed E-state index contributed by atoms with van der Waals surface area (Å²) in [5.74, 6) is 0. The summed E-state index contributed by atoms with van der Waals surface area (Å²) in [6, 6.07) is 101. The third-order valence-electron chi connectivity index (χ3n) is 12.7. The maximum atomic E-state index is 4.67. The number of rotatable bonds is 9. The van der Waals surface area contributed by atoms with Gasteiger partial charge in [0.05, 0.1) is 0 Å². The SMILES string of the molecule is [Ir].[c-]1ccc(-c2cc(-c3cc(-c4ccccc4)cc(-c4ccccc4)c3)cc(-c3ccc(-c4ccccc4)c4cccc(-c5ccccc5)c34)c2)cc1-c1ccccn1.[c-]1ccccc1-c1ccccn1. The van der Waals surface area contributed by atoms with E-state index in [0.717, 1.165) is 50.3 Å². The van der Waals surface area contributed by atoms with Crippen molar-refractivity contribution in [3.63, 3.8) is 0 Å². The Morgan fingerprint density at radius 3 is 1.23 bits per heavy atom. The van der Waals surface area contributed by atoms with Gasteiger partial charge in [0.1, 0.15) is 0 Å². The van der Waals surface area contributed by atoms with E-state index in [2.05, 4.69) is 222 Å². The van der Waals surface area contributed by atoms with Crippen LogP contribution in [0.5, 0.6) is 0 Å². The van der Waals surface area contributed by atoms with Gasteiger partial charge in [-0.1, -0.05) is 176 Å². The monoisotopic (exact) mass is 1080 g/mol. The van der Waals surface area contributed by atoms with Crippen LogP contribution in [-0.2, 0) is 20.1 Å². The first-order valence-corrected chi connectivity index (χ1v) is 23.6. The first-order valence-electron chi connectivity index (χ1n) is 23.6. The van der Waals surface area contributed by atoms with Crippen molar-refractivity contribution in [2.24, 2.45) is 0 Å². The molecule has 12 rings (SSSR count). The summed E-state index contributed by atoms with van der Waals surface area (Å²) in [5.41, 5.74) is 20.3. The smallest absolute Gasteiger partial charge is 0.0160 e. The number of nitrogens with zero attached hydrogens (tertiary/aromatic N) is 2. The standard InChI is InChI=1S/C57H38N.C11H8N.Ir/c1-5-17-40(18-6-1)46-34-47(41-19-7-2-8-20-41)36-49(35-46)50-37-48(44-25-15-26-45(33-44)56-29-13-14-32-58-56)38-51(39-50)54-31-30-52(42-21-9-3-10-22-42)55-28-16-27-53(57(54)55)43-23-11-4-12-24-43;1-2-6-10(7-3-1)11-8-4-5-9-12-11;/h1-25,27-39H;1-6,8-9H;/q2*-1;. The van der Waals surface area contributed by atoms with Crippen LogP contribution in [-0.4, -0.2) is 9.97 Å². The van der Waals surface area contributed by atoms with Gasteiger partial charge in [-0.2, -0.15) is 0 Å². The Balaban J connectivity index is 0.000000391. The van der Waals surface area contributed by atoms with Crippen LogP contribution >= 0.6 is 0 Å². The van der Waals surface area contributed by atoms with Gasteiger partial charge in [-0.15, -0.1) is 71.3 Å². The molecule has 2 heterocycles. The molecule has 10 aromatic carbocycles. The maximum Gasteiger partial charge on any atom is 0.0160 e. The molecule has 2 nitrogen and oxygen atoms in total. The number of hydrogen-bond acceptors (Lipinski definition) is 2. The Hall–Kier alpha value is -8.59. The van der Waals surface area contributed by atoms with Crippen molar-refractivity contribution < 1.29 is 20.1 Å². The second-order valence-electron chi connectivity index (χ2n) is 17.1. The van der Waals surface area contributed by atoms with Crippen molar-refractivity contribution in [2.75, 3.05) is 0 Å². The van der Waals surface area contributed by atoms with Gasteiger partial charge >= 0.3 is 0 Å². The van der Waals surface area contributed by atoms with Gasteiger partial charge in [0.15, 0.2) is 0 Å². The van der Waals surface area contributed by atoms with E-state index in [-0.39, 0.29) is 20.1 Å². The van der Waals surface area contributed by atoms with E-state index in [1.54, 1.807) is 6.20 Å². The van der Waals surface area contributed by atoms with Crippen LogP contribution in [0.3, 0.4) is 0 Å². The predicted molar refractivity (Wildman–Crippen MR) is 293 cm³/mol. The molecule has 0 spiro atoms. The van der Waals surface area contributed by atoms with Gasteiger partial charge in [0, 0.05) is 32.5 Å². The van der Waals surface area contributed by atoms with Crippen molar-refractivity contribution in [1.82, 2.24) is 9.97 Å². The summed E-state index contributed by atoms with van der Waals surface area (Å²) in [6.07, 6.45) is 3.63. The van der Waals surface area contributed by atoms with E-state index in [1.165, 1.54) is 60.8 Å². The number of aromatic nitrogens is 2. The van der Waals surface area contributed by atoms with Crippen LogP contribution in [0, 0.1) is 12.1 Å². The summed E-state index contributed by atoms with van der Waals surface area (Å²) >= 11 is 0. The average molecular weight is 1080 g/mol. The Morgan fingerprint density at radius 1 is 0.254 bits per heavy atom. The zero-order valence-electron chi connectivity index (χ0n) is 38.8. The molecule has 0 aliphatic rings. The molecule has 0 aliphatic carbocycles. The normalized spacial score (nSPS) is 10.7. The minimum absolute atomic E-state index is 0. The summed E-state index contributed by atoms with van der Waals surface area (Å²) in [5, 5.41) is 2.46. The second-order valence-corrected chi connectivity index (χ2v) is 17.1. The Bertz CT molecular complexity index is 3570. The van der Waals surface area contributed by atoms with Gasteiger partial charge in [-0.05, 0) is 143 Å². The number of hydrogen-bond donors (Lipinski definition) is 0. The van der Waals surface area contributed by atoms with E-state index in [1.807, 2.05) is 72.9 Å². The molecular formula is C68H46IrN2-2. The molecule has 0 fully saturated rings. The van der Waals surface area contributed by atoms with E-state index in [4.69, 9.17) is 0 Å². The molecule has 0 N–H and O–H groups in total. The molecule has 71 heavy (non-hydrogen) atoms. The third kappa shape index (κ3) is 10.4. The van der Waals surface area contributed by atoms with Crippen LogP contribution in [0.2, 0.25) is 0 Å². The third-order valence-corrected chi connectivity index (χ3v) is 12.7. The molecule has 3 heteroatoms. The van der Waals surface area contributed by atoms with Crippen LogP contribution in [0.4, 0.5) is 0 Å². The number of benzene rings is 10. The zero-order chi connectivity index (χ0) is 46.9. The van der Waals surface area contributed by atoms with Crippen molar-refractivity contribution >= 4 is 10.8 Å². The minimum atomic E-state index is 0. The first-order chi connectivity index (χ1) is 34.7. The Kier molecular flexibility index (Phi) is 14.2. The molecule has 0 unspecified atom stereocenters. The fourth-order valence-electron chi connectivity index (χ4n) is 9.27. The second kappa shape index (κ2) is 21.8. The average Bonchev–Trinajstić information content (AvgIpc) is 3.46. The molecule has 0 bridgehead atoms. The molecule has 0 atom stereocenters. The van der Waals surface area contributed by atoms with Gasteiger partial charge < -0.3 is 9.97 Å². The summed E-state index contributed by atoms with van der Waals surface area (Å²) in [6.45, 7) is 0. The fraction of sp³-hybridized carbons (Fsp3) is 0. The topological polar surface area (TPSA) is 25.8 Å². The van der Waals surface area contributed by atoms with Crippen LogP contribution in [0.1, 0.15) is 0 Å². The molecule has 12 aromatic rings. The largest absolute Gasteiger partial charge is 0.305 e.